The summed E-state index contributed by atoms with van der Waals surface area (Å²) in [6.07, 6.45) is 0. The minimum atomic E-state index is -0.674. The van der Waals surface area contributed by atoms with E-state index >= 15 is 0 Å². The van der Waals surface area contributed by atoms with E-state index < -0.39 is 16.6 Å². The van der Waals surface area contributed by atoms with Gasteiger partial charge in [-0.25, -0.2) is 9.37 Å². The summed E-state index contributed by atoms with van der Waals surface area (Å²) in [4.78, 5) is 30.9. The van der Waals surface area contributed by atoms with E-state index in [-0.39, 0.29) is 16.8 Å². The molecule has 1 N–H and O–H groups in total. The molecule has 0 aliphatic heterocycles. The summed E-state index contributed by atoms with van der Waals surface area (Å²) < 4.78 is 21.2. The Morgan fingerprint density at radius 3 is 2.62 bits per heavy atom. The second-order valence-electron chi connectivity index (χ2n) is 7.55. The highest BCUT2D eigenvalue weighted by atomic mass is 35.5. The normalized spacial score (nSPS) is 11.9. The van der Waals surface area contributed by atoms with E-state index in [0.717, 1.165) is 17.3 Å². The number of benzene rings is 3. The molecule has 174 valence electrons. The molecule has 0 saturated heterocycles. The number of nitrogens with zero attached hydrogens (tertiary/aromatic N) is 2. The van der Waals surface area contributed by atoms with Crippen LogP contribution in [0.2, 0.25) is 5.02 Å². The zero-order valence-corrected chi connectivity index (χ0v) is 20.2. The summed E-state index contributed by atoms with van der Waals surface area (Å²) in [5.74, 6) is -0.484. The SMILES string of the molecule is COc1cc(Cl)c(C)cc1NC(=O)C(C)Sc1nc2ccccc2c(=O)n1-c1ccccc1F. The van der Waals surface area contributed by atoms with E-state index in [1.54, 1.807) is 55.5 Å². The maximum Gasteiger partial charge on any atom is 0.266 e. The van der Waals surface area contributed by atoms with Gasteiger partial charge in [-0.2, -0.15) is 0 Å². The molecular formula is C25H21ClFN3O3S. The van der Waals surface area contributed by atoms with Crippen molar-refractivity contribution < 1.29 is 13.9 Å². The highest BCUT2D eigenvalue weighted by Gasteiger charge is 2.22. The lowest BCUT2D eigenvalue weighted by Crippen LogP contribution is -2.26. The standard InChI is InChI=1S/C25H21ClFN3O3S/c1-14-12-20(22(33-3)13-17(14)26)28-23(31)15(2)34-25-29-19-10-6-4-8-16(19)24(32)30(25)21-11-7-5-9-18(21)27/h4-13,15H,1-3H3,(H,28,31). The van der Waals surface area contributed by atoms with Crippen molar-refractivity contribution in [2.75, 3.05) is 12.4 Å². The summed E-state index contributed by atoms with van der Waals surface area (Å²) in [6.45, 7) is 3.50. The van der Waals surface area contributed by atoms with Crippen molar-refractivity contribution >= 4 is 45.9 Å². The van der Waals surface area contributed by atoms with E-state index in [4.69, 9.17) is 16.3 Å². The summed E-state index contributed by atoms with van der Waals surface area (Å²) in [5.41, 5.74) is 1.37. The average molecular weight is 498 g/mol. The number of hydrogen-bond acceptors (Lipinski definition) is 5. The molecule has 1 aromatic heterocycles. The molecule has 0 radical (unpaired) electrons. The molecule has 0 saturated carbocycles. The average Bonchev–Trinajstić information content (AvgIpc) is 2.82. The summed E-state index contributed by atoms with van der Waals surface area (Å²) in [6, 6.07) is 16.2. The number of methoxy groups -OCH3 is 1. The molecule has 3 aromatic carbocycles. The van der Waals surface area contributed by atoms with Gasteiger partial charge in [0.05, 0.1) is 34.6 Å². The van der Waals surface area contributed by atoms with Crippen LogP contribution >= 0.6 is 23.4 Å². The number of carbonyl (C=O) groups excluding carboxylic acids is 1. The second kappa shape index (κ2) is 9.87. The Morgan fingerprint density at radius 1 is 1.18 bits per heavy atom. The first-order valence-electron chi connectivity index (χ1n) is 10.4. The molecular weight excluding hydrogens is 477 g/mol. The molecule has 0 aliphatic rings. The number of rotatable bonds is 6. The fraction of sp³-hybridized carbons (Fsp3) is 0.160. The van der Waals surface area contributed by atoms with Crippen LogP contribution in [0.5, 0.6) is 5.75 Å². The quantitative estimate of drug-likeness (QED) is 0.277. The van der Waals surface area contributed by atoms with Crippen LogP contribution in [0.3, 0.4) is 0 Å². The molecule has 1 heterocycles. The lowest BCUT2D eigenvalue weighted by molar-refractivity contribution is -0.115. The van der Waals surface area contributed by atoms with E-state index in [1.165, 1.54) is 23.8 Å². The van der Waals surface area contributed by atoms with Gasteiger partial charge in [0.1, 0.15) is 11.6 Å². The Bertz CT molecular complexity index is 1460. The molecule has 9 heteroatoms. The van der Waals surface area contributed by atoms with Crippen LogP contribution in [0.4, 0.5) is 10.1 Å². The number of para-hydroxylation sites is 2. The largest absolute Gasteiger partial charge is 0.495 e. The number of aryl methyl sites for hydroxylation is 1. The van der Waals surface area contributed by atoms with Crippen LogP contribution in [-0.2, 0) is 4.79 Å². The number of anilines is 1. The van der Waals surface area contributed by atoms with Crippen LogP contribution in [0.1, 0.15) is 12.5 Å². The summed E-state index contributed by atoms with van der Waals surface area (Å²) >= 11 is 7.21. The molecule has 1 amide bonds. The molecule has 6 nitrogen and oxygen atoms in total. The molecule has 1 atom stereocenters. The zero-order valence-electron chi connectivity index (χ0n) is 18.6. The van der Waals surface area contributed by atoms with Crippen molar-refractivity contribution in [3.05, 3.63) is 87.4 Å². The number of ether oxygens (including phenoxy) is 1. The number of hydrogen-bond donors (Lipinski definition) is 1. The van der Waals surface area contributed by atoms with Gasteiger partial charge in [-0.1, -0.05) is 47.6 Å². The van der Waals surface area contributed by atoms with Gasteiger partial charge in [0, 0.05) is 11.1 Å². The van der Waals surface area contributed by atoms with Crippen molar-refractivity contribution in [1.29, 1.82) is 0 Å². The smallest absolute Gasteiger partial charge is 0.266 e. The molecule has 0 spiro atoms. The fourth-order valence-corrected chi connectivity index (χ4v) is 4.49. The predicted octanol–water partition coefficient (Wildman–Crippen LogP) is 5.61. The van der Waals surface area contributed by atoms with Crippen LogP contribution in [0, 0.1) is 12.7 Å². The van der Waals surface area contributed by atoms with Gasteiger partial charge in [0.2, 0.25) is 5.91 Å². The van der Waals surface area contributed by atoms with E-state index in [1.807, 2.05) is 6.92 Å². The number of fused-ring (bicyclic) bond motifs is 1. The van der Waals surface area contributed by atoms with Gasteiger partial charge in [0.15, 0.2) is 5.16 Å². The number of halogens is 2. The Kier molecular flexibility index (Phi) is 6.90. The lowest BCUT2D eigenvalue weighted by Gasteiger charge is -2.18. The lowest BCUT2D eigenvalue weighted by atomic mass is 10.2. The van der Waals surface area contributed by atoms with E-state index in [2.05, 4.69) is 10.3 Å². The first-order chi connectivity index (χ1) is 16.3. The van der Waals surface area contributed by atoms with Gasteiger partial charge in [0.25, 0.3) is 5.56 Å². The van der Waals surface area contributed by atoms with Crippen molar-refractivity contribution in [2.24, 2.45) is 0 Å². The Labute approximate surface area is 204 Å². The minimum absolute atomic E-state index is 0.0656. The zero-order chi connectivity index (χ0) is 24.4. The van der Waals surface area contributed by atoms with Gasteiger partial charge in [-0.15, -0.1) is 0 Å². The third-order valence-corrected chi connectivity index (χ3v) is 6.69. The monoisotopic (exact) mass is 497 g/mol. The first-order valence-corrected chi connectivity index (χ1v) is 11.6. The number of amides is 1. The Morgan fingerprint density at radius 2 is 1.88 bits per heavy atom. The topological polar surface area (TPSA) is 73.2 Å². The predicted molar refractivity (Wildman–Crippen MR) is 134 cm³/mol. The summed E-state index contributed by atoms with van der Waals surface area (Å²) in [7, 11) is 1.49. The van der Waals surface area contributed by atoms with E-state index in [9.17, 15) is 14.0 Å². The van der Waals surface area contributed by atoms with Crippen LogP contribution in [0.25, 0.3) is 16.6 Å². The van der Waals surface area contributed by atoms with Crippen molar-refractivity contribution in [2.45, 2.75) is 24.3 Å². The fourth-order valence-electron chi connectivity index (χ4n) is 3.41. The van der Waals surface area contributed by atoms with Gasteiger partial charge in [-0.05, 0) is 49.7 Å². The van der Waals surface area contributed by atoms with Crippen molar-refractivity contribution in [1.82, 2.24) is 9.55 Å². The number of aromatic nitrogens is 2. The number of thioether (sulfide) groups is 1. The van der Waals surface area contributed by atoms with Crippen LogP contribution in [-0.4, -0.2) is 27.8 Å². The maximum atomic E-state index is 14.7. The third kappa shape index (κ3) is 4.64. The minimum Gasteiger partial charge on any atom is -0.495 e. The highest BCUT2D eigenvalue weighted by molar-refractivity contribution is 8.00. The van der Waals surface area contributed by atoms with Crippen molar-refractivity contribution in [3.63, 3.8) is 0 Å². The Hall–Kier alpha value is -3.36. The molecule has 0 bridgehead atoms. The highest BCUT2D eigenvalue weighted by Crippen LogP contribution is 2.32. The molecule has 34 heavy (non-hydrogen) atoms. The molecule has 0 aliphatic carbocycles. The van der Waals surface area contributed by atoms with Gasteiger partial charge >= 0.3 is 0 Å². The molecule has 0 fully saturated rings. The maximum absolute atomic E-state index is 14.7. The third-order valence-electron chi connectivity index (χ3n) is 5.23. The first kappa shape index (κ1) is 23.8. The summed E-state index contributed by atoms with van der Waals surface area (Å²) in [5, 5.41) is 3.24. The van der Waals surface area contributed by atoms with Gasteiger partial charge in [-0.3, -0.25) is 14.2 Å². The van der Waals surface area contributed by atoms with Crippen molar-refractivity contribution in [3.8, 4) is 11.4 Å². The van der Waals surface area contributed by atoms with E-state index in [0.29, 0.717) is 27.4 Å². The second-order valence-corrected chi connectivity index (χ2v) is 9.27. The molecule has 4 rings (SSSR count). The van der Waals surface area contributed by atoms with Crippen LogP contribution < -0.4 is 15.6 Å². The van der Waals surface area contributed by atoms with Crippen LogP contribution in [0.15, 0.2) is 70.6 Å². The molecule has 1 unspecified atom stereocenters. The number of carbonyl (C=O) groups is 1. The number of nitrogens with one attached hydrogen (secondary N) is 1. The molecule has 4 aromatic rings. The Balaban J connectivity index is 1.72. The van der Waals surface area contributed by atoms with Gasteiger partial charge < -0.3 is 10.1 Å².